The summed E-state index contributed by atoms with van der Waals surface area (Å²) in [6.45, 7) is -0.269. The van der Waals surface area contributed by atoms with Crippen molar-refractivity contribution < 1.29 is 47.4 Å². The van der Waals surface area contributed by atoms with Crippen LogP contribution in [0.4, 0.5) is 0 Å². The molecule has 8 aliphatic rings. The van der Waals surface area contributed by atoms with Crippen molar-refractivity contribution in [2.45, 2.75) is 38.9 Å². The lowest BCUT2D eigenvalue weighted by molar-refractivity contribution is 0.0953. The number of para-hydroxylation sites is 2. The molecule has 14 heteroatoms. The maximum Gasteiger partial charge on any atom is 0.230 e. The predicted octanol–water partition coefficient (Wildman–Crippen LogP) is 16.4. The van der Waals surface area contributed by atoms with Gasteiger partial charge in [0.15, 0.2) is 0 Å². The summed E-state index contributed by atoms with van der Waals surface area (Å²) in [4.78, 5) is 19.1. The molecule has 0 radical (unpaired) electrons. The Morgan fingerprint density at radius 3 is 1.00 bits per heavy atom. The molecule has 2 N–H and O–H groups in total. The second kappa shape index (κ2) is 21.0. The number of aromatic nitrogens is 4. The highest BCUT2D eigenvalue weighted by atomic mass is 16.7. The van der Waals surface area contributed by atoms with E-state index in [9.17, 15) is 0 Å². The van der Waals surface area contributed by atoms with Gasteiger partial charge < -0.3 is 57.3 Å². The van der Waals surface area contributed by atoms with E-state index in [1.54, 1.807) is 0 Å². The molecule has 11 heterocycles. The molecule has 0 amide bonds. The quantitative estimate of drug-likeness (QED) is 0.170. The van der Waals surface area contributed by atoms with Crippen LogP contribution in [-0.4, -0.2) is 47.1 Å². The number of nitrogens with one attached hydrogen (secondary N) is 2. The molecule has 446 valence electrons. The van der Waals surface area contributed by atoms with Crippen LogP contribution in [0.2, 0.25) is 0 Å². The molecule has 0 unspecified atom stereocenters. The van der Waals surface area contributed by atoms with Crippen molar-refractivity contribution >= 4 is 46.4 Å². The van der Waals surface area contributed by atoms with Gasteiger partial charge in [-0.15, -0.1) is 0 Å². The molecule has 0 atom stereocenters. The Morgan fingerprint density at radius 2 is 0.587 bits per heavy atom. The number of nitrogens with zero attached hydrogens (tertiary/aromatic N) is 2. The fourth-order valence-electron chi connectivity index (χ4n) is 14.5. The highest BCUT2D eigenvalue weighted by Crippen LogP contribution is 2.50. The normalized spacial score (nSPS) is 14.9. The van der Waals surface area contributed by atoms with Gasteiger partial charge in [0.2, 0.25) is 27.2 Å². The third-order valence-electron chi connectivity index (χ3n) is 18.6. The second-order valence-corrected chi connectivity index (χ2v) is 23.9. The SMILES string of the molecule is C1=Cc2nc1c(-c1ccccc1)c1ccc([nH]1)c1c3nc(c(c4ccc([nH]4)c2-c2ccccc2)-c2ccccc2OCc2c4c5cc6c2OCOc2c(cc7c(c2COc2ccccc2-1)OCOc1cc2c(cc1C7)Cc1cc(c(cc1OCO2)OCO4)C5)C6)C=C3. The van der Waals surface area contributed by atoms with Crippen molar-refractivity contribution in [2.75, 3.05) is 27.2 Å². The van der Waals surface area contributed by atoms with Crippen molar-refractivity contribution in [1.82, 2.24) is 19.9 Å². The van der Waals surface area contributed by atoms with E-state index in [1.807, 2.05) is 60.7 Å². The molecule has 16 bridgehead atoms. The number of benzene rings is 8. The third kappa shape index (κ3) is 8.69. The molecule has 0 aliphatic carbocycles. The van der Waals surface area contributed by atoms with E-state index in [4.69, 9.17) is 57.3 Å². The lowest BCUT2D eigenvalue weighted by Crippen LogP contribution is -2.21. The van der Waals surface area contributed by atoms with Crippen molar-refractivity contribution in [2.24, 2.45) is 0 Å². The van der Waals surface area contributed by atoms with Crippen LogP contribution in [0.1, 0.15) is 78.4 Å². The summed E-state index contributed by atoms with van der Waals surface area (Å²) in [7, 11) is 0. The summed E-state index contributed by atoms with van der Waals surface area (Å²) < 4.78 is 68.2. The Labute approximate surface area is 527 Å². The molecule has 14 nitrogen and oxygen atoms in total. The monoisotopic (exact) mass is 1210 g/mol. The van der Waals surface area contributed by atoms with Gasteiger partial charge in [0.05, 0.1) is 33.9 Å². The number of ether oxygens (including phenoxy) is 10. The number of aromatic amines is 2. The molecule has 3 aromatic heterocycles. The molecular weight excluding hydrogens is 1150 g/mol. The standard InChI is InChI=1S/C78H54N4O10/c1-3-11-43(12-4-1)71-57-19-20-58(79-57)72(44-13-5-2-6-14-44)60-22-24-62(81-60)74-54-16-8-10-18-66(54)84-38-56-76-50-31-48-29-46-27-45-28-47-30-49-32-51-34-52(33-50)78(56)92-42-91-77(51)55(75(49)89-40-87-69(47)35-67(45)85-39-86-68(46)36-70(48)88-41-90-76)37-83-65-17-9-7-15-53(65)73(61-23-21-59(71)80-61)63-25-26-64(74)82-63/h1-26,28-29,32-33,35-36,80-81H,27,30-31,34,37-42H2. The Balaban J connectivity index is 0.910. The summed E-state index contributed by atoms with van der Waals surface area (Å²) in [5.74, 6) is 6.34. The maximum atomic E-state index is 7.35. The van der Waals surface area contributed by atoms with Crippen molar-refractivity contribution in [3.8, 4) is 102 Å². The van der Waals surface area contributed by atoms with Crippen LogP contribution in [0.3, 0.4) is 0 Å². The maximum absolute atomic E-state index is 7.35. The summed E-state index contributed by atoms with van der Waals surface area (Å²) in [6, 6.07) is 58.5. The summed E-state index contributed by atoms with van der Waals surface area (Å²) >= 11 is 0. The average Bonchev–Trinajstić information content (AvgIpc) is 1.23. The number of rotatable bonds is 2. The first-order valence-corrected chi connectivity index (χ1v) is 30.9. The van der Waals surface area contributed by atoms with Crippen molar-refractivity contribution in [3.63, 3.8) is 0 Å². The van der Waals surface area contributed by atoms with Gasteiger partial charge in [0.25, 0.3) is 0 Å². The van der Waals surface area contributed by atoms with Gasteiger partial charge in [-0.25, -0.2) is 9.97 Å². The first-order chi connectivity index (χ1) is 45.5. The summed E-state index contributed by atoms with van der Waals surface area (Å²) in [6.07, 6.45) is 10.3. The second-order valence-electron chi connectivity index (χ2n) is 23.9. The molecule has 0 saturated heterocycles. The van der Waals surface area contributed by atoms with E-state index >= 15 is 0 Å². The van der Waals surface area contributed by atoms with Gasteiger partial charge in [-0.3, -0.25) is 0 Å². The van der Waals surface area contributed by atoms with E-state index < -0.39 is 0 Å². The van der Waals surface area contributed by atoms with Gasteiger partial charge >= 0.3 is 0 Å². The minimum absolute atomic E-state index is 0.0108. The number of hydrogen-bond acceptors (Lipinski definition) is 12. The summed E-state index contributed by atoms with van der Waals surface area (Å²) in [5, 5.41) is 0. The Hall–Kier alpha value is -11.6. The fourth-order valence-corrected chi connectivity index (χ4v) is 14.5. The van der Waals surface area contributed by atoms with Gasteiger partial charge in [-0.1, -0.05) is 97.1 Å². The molecule has 8 aromatic carbocycles. The van der Waals surface area contributed by atoms with Gasteiger partial charge in [0.1, 0.15) is 70.7 Å². The van der Waals surface area contributed by atoms with Crippen LogP contribution in [0.25, 0.3) is 90.9 Å². The molecule has 0 saturated carbocycles. The molecule has 0 fully saturated rings. The van der Waals surface area contributed by atoms with Crippen LogP contribution in [0, 0.1) is 0 Å². The zero-order valence-electron chi connectivity index (χ0n) is 49.5. The van der Waals surface area contributed by atoms with E-state index in [1.165, 1.54) is 0 Å². The Morgan fingerprint density at radius 1 is 0.272 bits per heavy atom. The highest BCUT2D eigenvalue weighted by molar-refractivity contribution is 6.01. The topological polar surface area (TPSA) is 150 Å². The van der Waals surface area contributed by atoms with Crippen LogP contribution in [0.15, 0.2) is 170 Å². The van der Waals surface area contributed by atoms with Crippen LogP contribution in [0.5, 0.6) is 57.5 Å². The van der Waals surface area contributed by atoms with E-state index in [0.29, 0.717) is 106 Å². The van der Waals surface area contributed by atoms with E-state index in [-0.39, 0.29) is 40.4 Å². The van der Waals surface area contributed by atoms with E-state index in [2.05, 4.69) is 143 Å². The first kappa shape index (κ1) is 52.3. The van der Waals surface area contributed by atoms with Gasteiger partial charge in [-0.05, 0) is 141 Å². The summed E-state index contributed by atoms with van der Waals surface area (Å²) in [5.41, 5.74) is 22.8. The molecular formula is C78H54N4O10. The minimum Gasteiger partial charge on any atom is -0.488 e. The number of fused-ring (bicyclic) bond motifs is 16. The van der Waals surface area contributed by atoms with E-state index in [0.717, 1.165) is 122 Å². The number of H-pyrrole nitrogens is 2. The molecule has 8 aliphatic heterocycles. The Bertz CT molecular complexity index is 4890. The minimum atomic E-state index is -0.156. The molecule has 19 rings (SSSR count). The smallest absolute Gasteiger partial charge is 0.230 e. The first-order valence-electron chi connectivity index (χ1n) is 30.9. The van der Waals surface area contributed by atoms with Crippen LogP contribution in [-0.2, 0) is 38.9 Å². The van der Waals surface area contributed by atoms with Crippen molar-refractivity contribution in [3.05, 3.63) is 248 Å². The average molecular weight is 1210 g/mol. The van der Waals surface area contributed by atoms with Gasteiger partial charge in [0, 0.05) is 93.3 Å². The predicted molar refractivity (Wildman–Crippen MR) is 351 cm³/mol. The molecule has 0 spiro atoms. The Kier molecular flexibility index (Phi) is 11.9. The molecule has 11 aromatic rings. The molecule has 92 heavy (non-hydrogen) atoms. The fraction of sp³-hybridized carbons (Fsp3) is 0.128. The lowest BCUT2D eigenvalue weighted by atomic mass is 9.88. The zero-order valence-corrected chi connectivity index (χ0v) is 49.5. The highest BCUT2D eigenvalue weighted by Gasteiger charge is 2.33. The largest absolute Gasteiger partial charge is 0.488 e. The van der Waals surface area contributed by atoms with Crippen molar-refractivity contribution in [1.29, 1.82) is 0 Å². The van der Waals surface area contributed by atoms with Crippen LogP contribution < -0.4 is 47.4 Å². The number of hydrogen-bond donors (Lipinski definition) is 2. The third-order valence-corrected chi connectivity index (χ3v) is 18.6. The van der Waals surface area contributed by atoms with Crippen LogP contribution >= 0.6 is 0 Å². The van der Waals surface area contributed by atoms with Gasteiger partial charge in [-0.2, -0.15) is 0 Å². The zero-order chi connectivity index (χ0) is 60.4. The lowest BCUT2D eigenvalue weighted by Gasteiger charge is -2.30.